The summed E-state index contributed by atoms with van der Waals surface area (Å²) in [6.07, 6.45) is 2.83. The standard InChI is InChI=1S/C11H15NO.C10H13N.C2H6O.C2H4/c1-3-4-10-7-9(2)5-6-11(10)12-8-13;1-8(2)10(11)9-6-4-3-5-7-9;1-3-2;1-2/h5-8H,3-4H2,1-2H3,(H,12,13);3-7,10H,1,11H2,2H3;1-2H3;1-2H2. The molecule has 2 rings (SSSR count). The fraction of sp³-hybridized carbons (Fsp3) is 0.320. The molecular weight excluding hydrogens is 360 g/mol. The van der Waals surface area contributed by atoms with Gasteiger partial charge < -0.3 is 15.8 Å². The van der Waals surface area contributed by atoms with Crippen molar-refractivity contribution in [2.45, 2.75) is 39.7 Å². The lowest BCUT2D eigenvalue weighted by molar-refractivity contribution is -0.105. The molecule has 0 aliphatic carbocycles. The van der Waals surface area contributed by atoms with E-state index in [1.807, 2.05) is 49.4 Å². The number of hydrogen-bond donors (Lipinski definition) is 2. The van der Waals surface area contributed by atoms with E-state index in [0.717, 1.165) is 36.1 Å². The zero-order valence-corrected chi connectivity index (χ0v) is 18.7. The van der Waals surface area contributed by atoms with Crippen LogP contribution in [0.15, 0.2) is 73.8 Å². The maximum Gasteiger partial charge on any atom is 0.211 e. The first-order valence-electron chi connectivity index (χ1n) is 9.56. The molecule has 0 heterocycles. The number of carbonyl (C=O) groups excluding carboxylic acids is 1. The Balaban J connectivity index is 0. The van der Waals surface area contributed by atoms with Crippen molar-refractivity contribution in [2.24, 2.45) is 5.73 Å². The summed E-state index contributed by atoms with van der Waals surface area (Å²) in [7, 11) is 3.25. The summed E-state index contributed by atoms with van der Waals surface area (Å²) in [6, 6.07) is 16.0. The van der Waals surface area contributed by atoms with E-state index in [-0.39, 0.29) is 6.04 Å². The van der Waals surface area contributed by atoms with Gasteiger partial charge in [0.15, 0.2) is 0 Å². The largest absolute Gasteiger partial charge is 0.388 e. The molecule has 0 aliphatic rings. The molecular formula is C25H38N2O2. The van der Waals surface area contributed by atoms with Gasteiger partial charge in [0, 0.05) is 19.9 Å². The van der Waals surface area contributed by atoms with Crippen molar-refractivity contribution in [3.63, 3.8) is 0 Å². The Hall–Kier alpha value is -2.69. The fourth-order valence-corrected chi connectivity index (χ4v) is 2.35. The van der Waals surface area contributed by atoms with Crippen LogP contribution in [0.1, 0.15) is 43.0 Å². The molecule has 0 saturated heterocycles. The molecule has 2 aromatic carbocycles. The maximum absolute atomic E-state index is 10.3. The van der Waals surface area contributed by atoms with Crippen molar-refractivity contribution in [3.8, 4) is 0 Å². The van der Waals surface area contributed by atoms with Crippen LogP contribution in [0.2, 0.25) is 0 Å². The zero-order chi connectivity index (χ0) is 22.7. The van der Waals surface area contributed by atoms with Crippen LogP contribution in [-0.2, 0) is 16.0 Å². The van der Waals surface area contributed by atoms with Crippen molar-refractivity contribution in [1.29, 1.82) is 0 Å². The van der Waals surface area contributed by atoms with Gasteiger partial charge in [-0.05, 0) is 37.5 Å². The maximum atomic E-state index is 10.3. The molecule has 0 saturated carbocycles. The third-order valence-corrected chi connectivity index (χ3v) is 3.68. The van der Waals surface area contributed by atoms with Crippen molar-refractivity contribution < 1.29 is 9.53 Å². The van der Waals surface area contributed by atoms with Crippen LogP contribution in [0.3, 0.4) is 0 Å². The van der Waals surface area contributed by atoms with E-state index < -0.39 is 0 Å². The number of carbonyl (C=O) groups is 1. The second kappa shape index (κ2) is 18.7. The highest BCUT2D eigenvalue weighted by molar-refractivity contribution is 5.73. The minimum atomic E-state index is -0.0174. The van der Waals surface area contributed by atoms with Gasteiger partial charge >= 0.3 is 0 Å². The zero-order valence-electron chi connectivity index (χ0n) is 18.7. The Morgan fingerprint density at radius 3 is 2.17 bits per heavy atom. The van der Waals surface area contributed by atoms with E-state index >= 15 is 0 Å². The Kier molecular flexibility index (Phi) is 18.4. The third kappa shape index (κ3) is 13.2. The first-order valence-corrected chi connectivity index (χ1v) is 9.56. The van der Waals surface area contributed by atoms with Gasteiger partial charge in [-0.3, -0.25) is 4.79 Å². The molecule has 29 heavy (non-hydrogen) atoms. The second-order valence-electron chi connectivity index (χ2n) is 6.32. The molecule has 1 atom stereocenters. The Morgan fingerprint density at radius 2 is 1.72 bits per heavy atom. The Bertz CT molecular complexity index is 684. The number of benzene rings is 2. The molecule has 160 valence electrons. The van der Waals surface area contributed by atoms with Crippen molar-refractivity contribution in [3.05, 3.63) is 90.5 Å². The van der Waals surface area contributed by atoms with E-state index in [2.05, 4.69) is 49.7 Å². The number of methoxy groups -OCH3 is 1. The smallest absolute Gasteiger partial charge is 0.211 e. The number of nitrogens with one attached hydrogen (secondary N) is 1. The highest BCUT2D eigenvalue weighted by Crippen LogP contribution is 2.18. The highest BCUT2D eigenvalue weighted by Gasteiger charge is 2.03. The highest BCUT2D eigenvalue weighted by atomic mass is 16.4. The van der Waals surface area contributed by atoms with Gasteiger partial charge in [0.1, 0.15) is 0 Å². The molecule has 0 fully saturated rings. The van der Waals surface area contributed by atoms with Crippen molar-refractivity contribution in [2.75, 3.05) is 19.5 Å². The number of amides is 1. The lowest BCUT2D eigenvalue weighted by atomic mass is 10.0. The molecule has 0 aromatic heterocycles. The van der Waals surface area contributed by atoms with Gasteiger partial charge in [0.25, 0.3) is 0 Å². The summed E-state index contributed by atoms with van der Waals surface area (Å²) >= 11 is 0. The summed E-state index contributed by atoms with van der Waals surface area (Å²) in [4.78, 5) is 10.3. The Labute approximate surface area is 177 Å². The number of anilines is 1. The molecule has 4 heteroatoms. The van der Waals surface area contributed by atoms with E-state index in [1.165, 1.54) is 11.1 Å². The van der Waals surface area contributed by atoms with E-state index in [1.54, 1.807) is 14.2 Å². The fourth-order valence-electron chi connectivity index (χ4n) is 2.35. The van der Waals surface area contributed by atoms with Gasteiger partial charge in [-0.25, -0.2) is 0 Å². The van der Waals surface area contributed by atoms with Crippen molar-refractivity contribution in [1.82, 2.24) is 0 Å². The summed E-state index contributed by atoms with van der Waals surface area (Å²) in [5.74, 6) is 0. The van der Waals surface area contributed by atoms with E-state index in [4.69, 9.17) is 5.73 Å². The average Bonchev–Trinajstić information content (AvgIpc) is 2.73. The lowest BCUT2D eigenvalue weighted by Gasteiger charge is -2.10. The van der Waals surface area contributed by atoms with Gasteiger partial charge in [0.2, 0.25) is 6.41 Å². The monoisotopic (exact) mass is 398 g/mol. The van der Waals surface area contributed by atoms with Gasteiger partial charge in [-0.2, -0.15) is 0 Å². The van der Waals surface area contributed by atoms with Crippen LogP contribution in [0, 0.1) is 6.92 Å². The van der Waals surface area contributed by atoms with Crippen LogP contribution >= 0.6 is 0 Å². The number of aryl methyl sites for hydroxylation is 2. The SMILES string of the molecule is C=C.C=C(C)C(N)c1ccccc1.CCCc1cc(C)ccc1NC=O.COC. The molecule has 1 unspecified atom stereocenters. The first-order chi connectivity index (χ1) is 13.9. The molecule has 1 amide bonds. The molecule has 4 nitrogen and oxygen atoms in total. The normalized spacial score (nSPS) is 9.86. The topological polar surface area (TPSA) is 64.3 Å². The minimum absolute atomic E-state index is 0.0174. The Morgan fingerprint density at radius 1 is 1.17 bits per heavy atom. The first kappa shape index (κ1) is 28.5. The number of ether oxygens (including phenoxy) is 1. The predicted octanol–water partition coefficient (Wildman–Crippen LogP) is 5.84. The van der Waals surface area contributed by atoms with E-state index in [9.17, 15) is 4.79 Å². The molecule has 0 aliphatic heterocycles. The third-order valence-electron chi connectivity index (χ3n) is 3.68. The summed E-state index contributed by atoms with van der Waals surface area (Å²) in [6.45, 7) is 15.9. The molecule has 0 radical (unpaired) electrons. The summed E-state index contributed by atoms with van der Waals surface area (Å²) in [5, 5.41) is 2.71. The van der Waals surface area contributed by atoms with Gasteiger partial charge in [0.05, 0.1) is 6.04 Å². The molecule has 0 spiro atoms. The average molecular weight is 399 g/mol. The van der Waals surface area contributed by atoms with Gasteiger partial charge in [-0.15, -0.1) is 13.2 Å². The van der Waals surface area contributed by atoms with Crippen LogP contribution in [0.25, 0.3) is 0 Å². The van der Waals surface area contributed by atoms with Gasteiger partial charge in [-0.1, -0.05) is 73.5 Å². The summed E-state index contributed by atoms with van der Waals surface area (Å²) in [5.41, 5.74) is 11.3. The molecule has 0 bridgehead atoms. The minimum Gasteiger partial charge on any atom is -0.388 e. The predicted molar refractivity (Wildman–Crippen MR) is 127 cm³/mol. The molecule has 2 aromatic rings. The summed E-state index contributed by atoms with van der Waals surface area (Å²) < 4.78 is 4.25. The quantitative estimate of drug-likeness (QED) is 0.474. The number of rotatable bonds is 6. The lowest BCUT2D eigenvalue weighted by Crippen LogP contribution is -2.10. The van der Waals surface area contributed by atoms with Crippen molar-refractivity contribution >= 4 is 12.1 Å². The van der Waals surface area contributed by atoms with Crippen LogP contribution < -0.4 is 11.1 Å². The second-order valence-corrected chi connectivity index (χ2v) is 6.32. The van der Waals surface area contributed by atoms with Crippen LogP contribution in [0.5, 0.6) is 0 Å². The molecule has 3 N–H and O–H groups in total. The number of nitrogens with two attached hydrogens (primary N) is 1. The van der Waals surface area contributed by atoms with E-state index in [0.29, 0.717) is 0 Å². The van der Waals surface area contributed by atoms with Crippen LogP contribution in [0.4, 0.5) is 5.69 Å². The number of hydrogen-bond acceptors (Lipinski definition) is 3. The van der Waals surface area contributed by atoms with Crippen LogP contribution in [-0.4, -0.2) is 20.6 Å².